The van der Waals surface area contributed by atoms with Crippen molar-refractivity contribution in [1.82, 2.24) is 9.71 Å². The van der Waals surface area contributed by atoms with E-state index in [4.69, 9.17) is 0 Å². The molecule has 0 radical (unpaired) electrons. The van der Waals surface area contributed by atoms with E-state index >= 15 is 0 Å². The van der Waals surface area contributed by atoms with Gasteiger partial charge in [0.15, 0.2) is 5.82 Å². The van der Waals surface area contributed by atoms with Crippen LogP contribution in [0.1, 0.15) is 11.3 Å². The van der Waals surface area contributed by atoms with Crippen molar-refractivity contribution in [3.63, 3.8) is 0 Å². The molecule has 0 saturated heterocycles. The smallest absolute Gasteiger partial charge is 0.271 e. The van der Waals surface area contributed by atoms with Crippen molar-refractivity contribution < 1.29 is 5.21 Å². The van der Waals surface area contributed by atoms with Crippen LogP contribution in [0.15, 0.2) is 23.0 Å². The highest BCUT2D eigenvalue weighted by molar-refractivity contribution is 5.61. The fourth-order valence-corrected chi connectivity index (χ4v) is 1.52. The van der Waals surface area contributed by atoms with Crippen LogP contribution in [0, 0.1) is 13.8 Å². The number of aromatic nitrogens is 2. The van der Waals surface area contributed by atoms with Gasteiger partial charge in [0.1, 0.15) is 0 Å². The Morgan fingerprint density at radius 1 is 1.36 bits per heavy atom. The molecule has 0 amide bonds. The van der Waals surface area contributed by atoms with Crippen LogP contribution in [0.4, 0.5) is 0 Å². The van der Waals surface area contributed by atoms with Gasteiger partial charge < -0.3 is 5.21 Å². The van der Waals surface area contributed by atoms with E-state index in [1.807, 2.05) is 13.0 Å². The Bertz CT molecular complexity index is 516. The van der Waals surface area contributed by atoms with Crippen LogP contribution in [-0.4, -0.2) is 14.9 Å². The second kappa shape index (κ2) is 2.83. The van der Waals surface area contributed by atoms with Crippen LogP contribution in [0.3, 0.4) is 0 Å². The van der Waals surface area contributed by atoms with E-state index in [1.165, 1.54) is 6.07 Å². The number of aryl methyl sites for hydroxylation is 2. The third-order valence-electron chi connectivity index (χ3n) is 2.23. The lowest BCUT2D eigenvalue weighted by Crippen LogP contribution is -2.14. The number of nitrogens with zero attached hydrogens (tertiary/aromatic N) is 2. The number of pyridine rings is 2. The normalized spacial score (nSPS) is 10.7. The van der Waals surface area contributed by atoms with E-state index in [0.29, 0.717) is 11.5 Å². The maximum absolute atomic E-state index is 11.0. The Kier molecular flexibility index (Phi) is 1.77. The summed E-state index contributed by atoms with van der Waals surface area (Å²) in [4.78, 5) is 14.8. The van der Waals surface area contributed by atoms with Gasteiger partial charge in [0.25, 0.3) is 5.56 Å². The number of hydrogen-bond acceptors (Lipinski definition) is 3. The van der Waals surface area contributed by atoms with Crippen LogP contribution < -0.4 is 5.56 Å². The van der Waals surface area contributed by atoms with Gasteiger partial charge >= 0.3 is 0 Å². The second-order valence-electron chi connectivity index (χ2n) is 3.30. The number of rotatable bonds is 0. The van der Waals surface area contributed by atoms with E-state index in [9.17, 15) is 10.0 Å². The zero-order chi connectivity index (χ0) is 10.3. The van der Waals surface area contributed by atoms with E-state index in [2.05, 4.69) is 4.98 Å². The van der Waals surface area contributed by atoms with E-state index in [0.717, 1.165) is 15.9 Å². The topological polar surface area (TPSA) is 55.1 Å². The van der Waals surface area contributed by atoms with E-state index < -0.39 is 0 Å². The molecule has 72 valence electrons. The summed E-state index contributed by atoms with van der Waals surface area (Å²) >= 11 is 0. The first-order valence-corrected chi connectivity index (χ1v) is 4.29. The fraction of sp³-hybridized carbons (Fsp3) is 0.200. The Hall–Kier alpha value is -1.84. The minimum absolute atomic E-state index is 0.315. The van der Waals surface area contributed by atoms with Crippen LogP contribution in [-0.2, 0) is 0 Å². The van der Waals surface area contributed by atoms with Gasteiger partial charge in [-0.25, -0.2) is 0 Å². The standard InChI is InChI=1S/C10H10N2O2/c1-6-5-7(2)12(14)10-8(6)3-4-9(13)11-10/h3-5,14H,1-2H3. The molecule has 2 aliphatic heterocycles. The molecule has 14 heavy (non-hydrogen) atoms. The van der Waals surface area contributed by atoms with Crippen molar-refractivity contribution in [1.29, 1.82) is 0 Å². The minimum atomic E-state index is -0.342. The second-order valence-corrected chi connectivity index (χ2v) is 3.30. The molecule has 0 aromatic rings. The zero-order valence-electron chi connectivity index (χ0n) is 7.98. The third-order valence-corrected chi connectivity index (χ3v) is 2.23. The largest absolute Gasteiger partial charge is 0.427 e. The number of hydrogen-bond donors (Lipinski definition) is 1. The lowest BCUT2D eigenvalue weighted by Gasteiger charge is -2.13. The molecule has 0 unspecified atom stereocenters. The number of fused-ring (bicyclic) bond motifs is 1. The molecule has 1 N–H and O–H groups in total. The lowest BCUT2D eigenvalue weighted by molar-refractivity contribution is 0.179. The molecule has 2 heterocycles. The van der Waals surface area contributed by atoms with Crippen LogP contribution in [0.5, 0.6) is 0 Å². The molecular weight excluding hydrogens is 180 g/mol. The summed E-state index contributed by atoms with van der Waals surface area (Å²) in [5, 5.41) is 9.62. The fourth-order valence-electron chi connectivity index (χ4n) is 1.52. The molecule has 4 heteroatoms. The molecule has 0 fully saturated rings. The average molecular weight is 190 g/mol. The molecule has 0 aliphatic carbocycles. The van der Waals surface area contributed by atoms with Crippen molar-refractivity contribution in [2.75, 3.05) is 0 Å². The summed E-state index contributed by atoms with van der Waals surface area (Å²) in [5.74, 6) is 0.315. The Morgan fingerprint density at radius 3 is 2.79 bits per heavy atom. The summed E-state index contributed by atoms with van der Waals surface area (Å²) in [7, 11) is 0. The summed E-state index contributed by atoms with van der Waals surface area (Å²) in [5.41, 5.74) is 2.10. The summed E-state index contributed by atoms with van der Waals surface area (Å²) in [6.45, 7) is 3.67. The third kappa shape index (κ3) is 1.16. The van der Waals surface area contributed by atoms with Crippen LogP contribution >= 0.6 is 0 Å². The van der Waals surface area contributed by atoms with Crippen molar-refractivity contribution in [3.05, 3.63) is 39.8 Å². The molecule has 0 aromatic carbocycles. The first-order valence-electron chi connectivity index (χ1n) is 4.29. The quantitative estimate of drug-likeness (QED) is 0.635. The Morgan fingerprint density at radius 2 is 2.07 bits per heavy atom. The maximum Gasteiger partial charge on any atom is 0.271 e. The van der Waals surface area contributed by atoms with Gasteiger partial charge in [0.2, 0.25) is 0 Å². The van der Waals surface area contributed by atoms with E-state index in [1.54, 1.807) is 13.0 Å². The highest BCUT2D eigenvalue weighted by Crippen LogP contribution is 2.22. The van der Waals surface area contributed by atoms with E-state index in [-0.39, 0.29) is 5.56 Å². The molecule has 4 nitrogen and oxygen atoms in total. The van der Waals surface area contributed by atoms with Gasteiger partial charge in [-0.3, -0.25) is 4.79 Å². The molecule has 0 bridgehead atoms. The van der Waals surface area contributed by atoms with Crippen molar-refractivity contribution in [2.45, 2.75) is 13.8 Å². The first-order chi connectivity index (χ1) is 6.59. The summed E-state index contributed by atoms with van der Waals surface area (Å²) in [6, 6.07) is 4.91. The molecule has 2 rings (SSSR count). The lowest BCUT2D eigenvalue weighted by atomic mass is 10.1. The monoisotopic (exact) mass is 190 g/mol. The SMILES string of the molecule is Cc1cc(C)n(O)c2nc(=O)ccc1-2. The predicted molar refractivity (Wildman–Crippen MR) is 51.8 cm³/mol. The minimum Gasteiger partial charge on any atom is -0.427 e. The van der Waals surface area contributed by atoms with Crippen molar-refractivity contribution >= 4 is 0 Å². The molecule has 2 aliphatic rings. The zero-order valence-corrected chi connectivity index (χ0v) is 7.98. The van der Waals surface area contributed by atoms with Gasteiger partial charge in [0, 0.05) is 11.6 Å². The van der Waals surface area contributed by atoms with Gasteiger partial charge in [-0.05, 0) is 31.5 Å². The predicted octanol–water partition coefficient (Wildman–Crippen LogP) is 1.20. The Balaban J connectivity index is 2.94. The summed E-state index contributed by atoms with van der Waals surface area (Å²) < 4.78 is 0.934. The molecular formula is C10H10N2O2. The van der Waals surface area contributed by atoms with Crippen LogP contribution in [0.2, 0.25) is 0 Å². The van der Waals surface area contributed by atoms with Crippen molar-refractivity contribution in [3.8, 4) is 11.4 Å². The maximum atomic E-state index is 11.0. The highest BCUT2D eigenvalue weighted by Gasteiger charge is 2.12. The van der Waals surface area contributed by atoms with Crippen LogP contribution in [0.25, 0.3) is 11.4 Å². The molecule has 0 saturated carbocycles. The summed E-state index contributed by atoms with van der Waals surface area (Å²) in [6.07, 6.45) is 0. The van der Waals surface area contributed by atoms with Crippen molar-refractivity contribution in [2.24, 2.45) is 0 Å². The average Bonchev–Trinajstić information content (AvgIpc) is 2.14. The Labute approximate surface area is 80.8 Å². The molecule has 0 atom stereocenters. The molecule has 0 aromatic heterocycles. The van der Waals surface area contributed by atoms with Gasteiger partial charge in [-0.1, -0.05) is 0 Å². The first kappa shape index (κ1) is 8.74. The molecule has 0 spiro atoms. The van der Waals surface area contributed by atoms with Gasteiger partial charge in [0.05, 0.1) is 5.69 Å². The van der Waals surface area contributed by atoms with Gasteiger partial charge in [-0.15, -0.1) is 0 Å². The highest BCUT2D eigenvalue weighted by atomic mass is 16.5. The van der Waals surface area contributed by atoms with Gasteiger partial charge in [-0.2, -0.15) is 9.71 Å².